The summed E-state index contributed by atoms with van der Waals surface area (Å²) in [5.41, 5.74) is 2.47. The molecule has 2 atom stereocenters. The van der Waals surface area contributed by atoms with Crippen molar-refractivity contribution < 1.29 is 4.74 Å². The summed E-state index contributed by atoms with van der Waals surface area (Å²) < 4.78 is 5.78. The van der Waals surface area contributed by atoms with Gasteiger partial charge in [0.2, 0.25) is 0 Å². The molecule has 1 aliphatic heterocycles. The average molecular weight is 268 g/mol. The maximum atomic E-state index is 6.22. The lowest BCUT2D eigenvalue weighted by Gasteiger charge is -2.22. The SMILES string of the molecule is CCC(C)CC(NC)c1cc(Cl)cc2c1OCC2. The summed E-state index contributed by atoms with van der Waals surface area (Å²) in [5.74, 6) is 1.75. The quantitative estimate of drug-likeness (QED) is 0.872. The van der Waals surface area contributed by atoms with E-state index in [1.807, 2.05) is 13.1 Å². The highest BCUT2D eigenvalue weighted by atomic mass is 35.5. The Hall–Kier alpha value is -0.730. The van der Waals surface area contributed by atoms with Crippen molar-refractivity contribution >= 4 is 11.6 Å². The van der Waals surface area contributed by atoms with E-state index in [4.69, 9.17) is 16.3 Å². The smallest absolute Gasteiger partial charge is 0.127 e. The van der Waals surface area contributed by atoms with Gasteiger partial charge in [0.05, 0.1) is 6.61 Å². The van der Waals surface area contributed by atoms with Gasteiger partial charge < -0.3 is 10.1 Å². The number of hydrogen-bond acceptors (Lipinski definition) is 2. The van der Waals surface area contributed by atoms with Crippen LogP contribution in [0.2, 0.25) is 5.02 Å². The van der Waals surface area contributed by atoms with Crippen LogP contribution in [0.5, 0.6) is 5.75 Å². The van der Waals surface area contributed by atoms with Crippen molar-refractivity contribution in [3.63, 3.8) is 0 Å². The number of ether oxygens (including phenoxy) is 1. The summed E-state index contributed by atoms with van der Waals surface area (Å²) in [6.45, 7) is 5.30. The topological polar surface area (TPSA) is 21.3 Å². The van der Waals surface area contributed by atoms with E-state index in [-0.39, 0.29) is 0 Å². The van der Waals surface area contributed by atoms with Crippen LogP contribution in [0.3, 0.4) is 0 Å². The summed E-state index contributed by atoms with van der Waals surface area (Å²) in [6, 6.07) is 4.41. The van der Waals surface area contributed by atoms with Gasteiger partial charge in [-0.3, -0.25) is 0 Å². The second-order valence-corrected chi connectivity index (χ2v) is 5.61. The molecule has 0 saturated heterocycles. The fourth-order valence-electron chi connectivity index (χ4n) is 2.53. The number of halogens is 1. The first-order valence-electron chi connectivity index (χ1n) is 6.78. The van der Waals surface area contributed by atoms with E-state index >= 15 is 0 Å². The minimum Gasteiger partial charge on any atom is -0.493 e. The molecule has 0 radical (unpaired) electrons. The molecule has 3 heteroatoms. The first-order chi connectivity index (χ1) is 8.65. The Kier molecular flexibility index (Phi) is 4.52. The maximum Gasteiger partial charge on any atom is 0.127 e. The third kappa shape index (κ3) is 2.81. The van der Waals surface area contributed by atoms with Crippen molar-refractivity contribution in [2.45, 2.75) is 39.2 Å². The fourth-order valence-corrected chi connectivity index (χ4v) is 2.78. The summed E-state index contributed by atoms with van der Waals surface area (Å²) >= 11 is 6.22. The van der Waals surface area contributed by atoms with Crippen LogP contribution in [0.25, 0.3) is 0 Å². The Labute approximate surface area is 115 Å². The van der Waals surface area contributed by atoms with E-state index in [2.05, 4.69) is 25.2 Å². The highest BCUT2D eigenvalue weighted by Crippen LogP contribution is 2.38. The van der Waals surface area contributed by atoms with Crippen molar-refractivity contribution in [1.82, 2.24) is 5.32 Å². The molecule has 0 aromatic heterocycles. The fraction of sp³-hybridized carbons (Fsp3) is 0.600. The predicted octanol–water partition coefficient (Wildman–Crippen LogP) is 3.97. The van der Waals surface area contributed by atoms with E-state index in [0.717, 1.165) is 30.2 Å². The second kappa shape index (κ2) is 5.94. The zero-order valence-corrected chi connectivity index (χ0v) is 12.2. The molecule has 1 aliphatic rings. The van der Waals surface area contributed by atoms with Gasteiger partial charge in [0.15, 0.2) is 0 Å². The molecule has 1 aromatic rings. The summed E-state index contributed by atoms with van der Waals surface area (Å²) in [7, 11) is 2.01. The monoisotopic (exact) mass is 267 g/mol. The van der Waals surface area contributed by atoms with Crippen molar-refractivity contribution in [1.29, 1.82) is 0 Å². The number of nitrogens with one attached hydrogen (secondary N) is 1. The number of hydrogen-bond donors (Lipinski definition) is 1. The Balaban J connectivity index is 2.30. The lowest BCUT2D eigenvalue weighted by Crippen LogP contribution is -2.19. The van der Waals surface area contributed by atoms with Gasteiger partial charge in [-0.05, 0) is 37.1 Å². The molecule has 2 rings (SSSR count). The van der Waals surface area contributed by atoms with E-state index < -0.39 is 0 Å². The lowest BCUT2D eigenvalue weighted by atomic mass is 9.92. The van der Waals surface area contributed by atoms with Crippen LogP contribution >= 0.6 is 11.6 Å². The zero-order valence-electron chi connectivity index (χ0n) is 11.4. The van der Waals surface area contributed by atoms with Crippen LogP contribution in [0, 0.1) is 5.92 Å². The zero-order chi connectivity index (χ0) is 13.1. The largest absolute Gasteiger partial charge is 0.493 e. The Bertz CT molecular complexity index is 419. The number of fused-ring (bicyclic) bond motifs is 1. The van der Waals surface area contributed by atoms with Gasteiger partial charge in [-0.15, -0.1) is 0 Å². The molecule has 0 amide bonds. The predicted molar refractivity (Wildman–Crippen MR) is 76.5 cm³/mol. The third-order valence-electron chi connectivity index (χ3n) is 3.84. The molecular formula is C15H22ClNO. The molecule has 2 unspecified atom stereocenters. The van der Waals surface area contributed by atoms with Crippen LogP contribution in [0.4, 0.5) is 0 Å². The number of rotatable bonds is 5. The summed E-state index contributed by atoms with van der Waals surface area (Å²) in [4.78, 5) is 0. The first kappa shape index (κ1) is 13.7. The molecule has 1 heterocycles. The molecule has 0 aliphatic carbocycles. The Morgan fingerprint density at radius 2 is 2.22 bits per heavy atom. The van der Waals surface area contributed by atoms with Gasteiger partial charge in [0, 0.05) is 23.0 Å². The lowest BCUT2D eigenvalue weighted by molar-refractivity contribution is 0.342. The van der Waals surface area contributed by atoms with E-state index in [9.17, 15) is 0 Å². The van der Waals surface area contributed by atoms with E-state index in [1.165, 1.54) is 17.5 Å². The molecule has 0 bridgehead atoms. The van der Waals surface area contributed by atoms with Crippen molar-refractivity contribution in [3.8, 4) is 5.75 Å². The van der Waals surface area contributed by atoms with Crippen LogP contribution in [0.1, 0.15) is 43.9 Å². The minimum absolute atomic E-state index is 0.325. The second-order valence-electron chi connectivity index (χ2n) is 5.17. The van der Waals surface area contributed by atoms with Gasteiger partial charge in [0.1, 0.15) is 5.75 Å². The molecule has 0 spiro atoms. The van der Waals surface area contributed by atoms with Crippen molar-refractivity contribution in [2.75, 3.05) is 13.7 Å². The summed E-state index contributed by atoms with van der Waals surface area (Å²) in [6.07, 6.45) is 3.29. The van der Waals surface area contributed by atoms with Gasteiger partial charge in [-0.1, -0.05) is 31.9 Å². The van der Waals surface area contributed by atoms with Crippen LogP contribution in [0.15, 0.2) is 12.1 Å². The van der Waals surface area contributed by atoms with Gasteiger partial charge >= 0.3 is 0 Å². The number of benzene rings is 1. The molecule has 1 aromatic carbocycles. The highest BCUT2D eigenvalue weighted by Gasteiger charge is 2.23. The molecule has 0 fully saturated rings. The molecule has 1 N–H and O–H groups in total. The Morgan fingerprint density at radius 3 is 2.89 bits per heavy atom. The highest BCUT2D eigenvalue weighted by molar-refractivity contribution is 6.30. The van der Waals surface area contributed by atoms with Gasteiger partial charge in [-0.25, -0.2) is 0 Å². The van der Waals surface area contributed by atoms with Crippen LogP contribution in [-0.4, -0.2) is 13.7 Å². The molecule has 100 valence electrons. The third-order valence-corrected chi connectivity index (χ3v) is 4.05. The van der Waals surface area contributed by atoms with E-state index in [1.54, 1.807) is 0 Å². The standard InChI is InChI=1S/C15H22ClNO/c1-4-10(2)7-14(17-3)13-9-12(16)8-11-5-6-18-15(11)13/h8-10,14,17H,4-7H2,1-3H3. The minimum atomic E-state index is 0.325. The first-order valence-corrected chi connectivity index (χ1v) is 7.15. The average Bonchev–Trinajstić information content (AvgIpc) is 2.82. The van der Waals surface area contributed by atoms with Crippen LogP contribution in [-0.2, 0) is 6.42 Å². The maximum absolute atomic E-state index is 6.22. The van der Waals surface area contributed by atoms with Crippen molar-refractivity contribution in [2.24, 2.45) is 5.92 Å². The van der Waals surface area contributed by atoms with Gasteiger partial charge in [-0.2, -0.15) is 0 Å². The van der Waals surface area contributed by atoms with E-state index in [0.29, 0.717) is 12.0 Å². The summed E-state index contributed by atoms with van der Waals surface area (Å²) in [5, 5.41) is 4.22. The van der Waals surface area contributed by atoms with Crippen LogP contribution < -0.4 is 10.1 Å². The molecule has 18 heavy (non-hydrogen) atoms. The van der Waals surface area contributed by atoms with Crippen molar-refractivity contribution in [3.05, 3.63) is 28.3 Å². The van der Waals surface area contributed by atoms with Gasteiger partial charge in [0.25, 0.3) is 0 Å². The molecule has 0 saturated carbocycles. The Morgan fingerprint density at radius 1 is 1.44 bits per heavy atom. The molecule has 2 nitrogen and oxygen atoms in total. The molecular weight excluding hydrogens is 246 g/mol. The normalized spacial score (nSPS) is 17.1.